The van der Waals surface area contributed by atoms with Crippen molar-refractivity contribution in [2.75, 3.05) is 5.75 Å². The predicted octanol–water partition coefficient (Wildman–Crippen LogP) is -0.339. The standard InChI is InChI=1S/C12H16O7S/c1-5(4-20(15,16)17)11(13)18-9-6-2-7-8(3-6)12(14)19-10(7)9/h5-10H,2-4H2,1H3,(H,15,16,17)/p-1. The summed E-state index contributed by atoms with van der Waals surface area (Å²) in [6, 6.07) is 0. The van der Waals surface area contributed by atoms with Gasteiger partial charge < -0.3 is 14.0 Å². The number of carbonyl (C=O) groups is 2. The molecule has 112 valence electrons. The maximum Gasteiger partial charge on any atom is 0.310 e. The molecule has 2 bridgehead atoms. The van der Waals surface area contributed by atoms with Gasteiger partial charge in [-0.2, -0.15) is 0 Å². The molecule has 0 N–H and O–H groups in total. The molecule has 0 radical (unpaired) electrons. The zero-order valence-electron chi connectivity index (χ0n) is 10.9. The third kappa shape index (κ3) is 2.20. The lowest BCUT2D eigenvalue weighted by Gasteiger charge is -2.26. The highest BCUT2D eigenvalue weighted by atomic mass is 32.2. The fourth-order valence-electron chi connectivity index (χ4n) is 3.69. The molecule has 0 aromatic rings. The molecular weight excluding hydrogens is 288 g/mol. The number of fused-ring (bicyclic) bond motifs is 1. The lowest BCUT2D eigenvalue weighted by molar-refractivity contribution is -0.164. The van der Waals surface area contributed by atoms with Crippen LogP contribution in [0.25, 0.3) is 0 Å². The third-order valence-electron chi connectivity index (χ3n) is 4.52. The van der Waals surface area contributed by atoms with Gasteiger partial charge >= 0.3 is 11.9 Å². The Kier molecular flexibility index (Phi) is 3.06. The second-order valence-corrected chi connectivity index (χ2v) is 7.38. The Hall–Kier alpha value is -1.15. The molecule has 1 saturated heterocycles. The maximum absolute atomic E-state index is 11.8. The van der Waals surface area contributed by atoms with E-state index in [2.05, 4.69) is 0 Å². The summed E-state index contributed by atoms with van der Waals surface area (Å²) in [5.41, 5.74) is 0. The highest BCUT2D eigenvalue weighted by molar-refractivity contribution is 7.85. The molecule has 3 rings (SSSR count). The van der Waals surface area contributed by atoms with Gasteiger partial charge in [0.15, 0.2) is 0 Å². The molecule has 0 aromatic heterocycles. The van der Waals surface area contributed by atoms with Crippen LogP contribution in [-0.2, 0) is 29.2 Å². The van der Waals surface area contributed by atoms with Crippen molar-refractivity contribution in [3.05, 3.63) is 0 Å². The minimum absolute atomic E-state index is 0.0700. The van der Waals surface area contributed by atoms with Crippen LogP contribution < -0.4 is 0 Å². The second-order valence-electron chi connectivity index (χ2n) is 5.93. The number of carbonyl (C=O) groups excluding carboxylic acids is 2. The van der Waals surface area contributed by atoms with Gasteiger partial charge in [0.2, 0.25) is 0 Å². The van der Waals surface area contributed by atoms with E-state index in [1.807, 2.05) is 0 Å². The molecule has 2 aliphatic carbocycles. The van der Waals surface area contributed by atoms with E-state index < -0.39 is 40.0 Å². The fourth-order valence-corrected chi connectivity index (χ4v) is 4.44. The molecule has 0 aromatic carbocycles. The van der Waals surface area contributed by atoms with Crippen LogP contribution in [0.2, 0.25) is 0 Å². The van der Waals surface area contributed by atoms with E-state index in [-0.39, 0.29) is 23.7 Å². The molecule has 0 spiro atoms. The fraction of sp³-hybridized carbons (Fsp3) is 0.833. The average Bonchev–Trinajstić information content (AvgIpc) is 2.91. The van der Waals surface area contributed by atoms with Crippen LogP contribution >= 0.6 is 0 Å². The highest BCUT2D eigenvalue weighted by Gasteiger charge is 2.63. The Morgan fingerprint density at radius 2 is 2.20 bits per heavy atom. The highest BCUT2D eigenvalue weighted by Crippen LogP contribution is 2.55. The normalized spacial score (nSPS) is 39.7. The van der Waals surface area contributed by atoms with Crippen LogP contribution in [0.15, 0.2) is 0 Å². The average molecular weight is 303 g/mol. The lowest BCUT2D eigenvalue weighted by atomic mass is 9.88. The quantitative estimate of drug-likeness (QED) is 0.516. The first-order valence-electron chi connectivity index (χ1n) is 6.61. The van der Waals surface area contributed by atoms with Crippen LogP contribution in [0.4, 0.5) is 0 Å². The van der Waals surface area contributed by atoms with E-state index in [0.717, 1.165) is 6.42 Å². The van der Waals surface area contributed by atoms with Crippen molar-refractivity contribution in [1.82, 2.24) is 0 Å². The number of hydrogen-bond donors (Lipinski definition) is 0. The Balaban J connectivity index is 1.65. The van der Waals surface area contributed by atoms with Gasteiger partial charge in [-0.3, -0.25) is 9.59 Å². The minimum Gasteiger partial charge on any atom is -0.748 e. The Morgan fingerprint density at radius 3 is 2.85 bits per heavy atom. The van der Waals surface area contributed by atoms with E-state index in [9.17, 15) is 22.6 Å². The zero-order chi connectivity index (χ0) is 14.7. The van der Waals surface area contributed by atoms with E-state index in [1.54, 1.807) is 0 Å². The maximum atomic E-state index is 11.8. The van der Waals surface area contributed by atoms with Crippen molar-refractivity contribution in [1.29, 1.82) is 0 Å². The van der Waals surface area contributed by atoms with E-state index in [1.165, 1.54) is 6.92 Å². The van der Waals surface area contributed by atoms with Crippen molar-refractivity contribution < 1.29 is 32.0 Å². The summed E-state index contributed by atoms with van der Waals surface area (Å²) in [5, 5.41) is 0. The van der Waals surface area contributed by atoms with Crippen molar-refractivity contribution in [3.63, 3.8) is 0 Å². The SMILES string of the molecule is CC(CS(=O)(=O)[O-])C(=O)OC1C2CC3C(=O)OC1C3C2. The summed E-state index contributed by atoms with van der Waals surface area (Å²) in [6.45, 7) is 1.34. The summed E-state index contributed by atoms with van der Waals surface area (Å²) >= 11 is 0. The molecule has 1 aliphatic heterocycles. The number of rotatable bonds is 4. The topological polar surface area (TPSA) is 110 Å². The van der Waals surface area contributed by atoms with Gasteiger partial charge in [0, 0.05) is 11.8 Å². The molecular formula is C12H15O7S-. The van der Waals surface area contributed by atoms with Gasteiger partial charge in [-0.25, -0.2) is 8.42 Å². The molecule has 20 heavy (non-hydrogen) atoms. The van der Waals surface area contributed by atoms with Crippen LogP contribution in [0.1, 0.15) is 19.8 Å². The zero-order valence-corrected chi connectivity index (χ0v) is 11.7. The van der Waals surface area contributed by atoms with Gasteiger partial charge in [-0.1, -0.05) is 6.92 Å². The lowest BCUT2D eigenvalue weighted by Crippen LogP contribution is -2.38. The minimum atomic E-state index is -4.47. The monoisotopic (exact) mass is 303 g/mol. The Bertz CT molecular complexity index is 554. The molecule has 7 nitrogen and oxygen atoms in total. The molecule has 0 amide bonds. The number of ether oxygens (including phenoxy) is 2. The molecule has 6 atom stereocenters. The van der Waals surface area contributed by atoms with E-state index in [0.29, 0.717) is 6.42 Å². The molecule has 6 unspecified atom stereocenters. The summed E-state index contributed by atoms with van der Waals surface area (Å²) < 4.78 is 42.5. The predicted molar refractivity (Wildman–Crippen MR) is 63.2 cm³/mol. The Labute approximate surface area is 116 Å². The van der Waals surface area contributed by atoms with Gasteiger partial charge in [0.25, 0.3) is 0 Å². The summed E-state index contributed by atoms with van der Waals surface area (Å²) in [7, 11) is -4.47. The third-order valence-corrected chi connectivity index (χ3v) is 5.43. The van der Waals surface area contributed by atoms with Crippen LogP contribution in [-0.4, -0.2) is 42.9 Å². The van der Waals surface area contributed by atoms with Crippen LogP contribution in [0.3, 0.4) is 0 Å². The van der Waals surface area contributed by atoms with Crippen LogP contribution in [0, 0.1) is 23.7 Å². The molecule has 3 aliphatic rings. The van der Waals surface area contributed by atoms with Crippen LogP contribution in [0.5, 0.6) is 0 Å². The summed E-state index contributed by atoms with van der Waals surface area (Å²) in [4.78, 5) is 23.4. The summed E-state index contributed by atoms with van der Waals surface area (Å²) in [6.07, 6.45) is 0.567. The molecule has 8 heteroatoms. The van der Waals surface area contributed by atoms with Crippen molar-refractivity contribution >= 4 is 22.1 Å². The molecule has 3 fully saturated rings. The first kappa shape index (κ1) is 13.8. The molecule has 2 saturated carbocycles. The number of hydrogen-bond acceptors (Lipinski definition) is 7. The number of esters is 2. The van der Waals surface area contributed by atoms with Crippen molar-refractivity contribution in [2.24, 2.45) is 23.7 Å². The molecule has 1 heterocycles. The van der Waals surface area contributed by atoms with Gasteiger partial charge in [0.05, 0.1) is 27.7 Å². The first-order valence-corrected chi connectivity index (χ1v) is 8.18. The van der Waals surface area contributed by atoms with Crippen molar-refractivity contribution in [2.45, 2.75) is 32.0 Å². The van der Waals surface area contributed by atoms with E-state index >= 15 is 0 Å². The van der Waals surface area contributed by atoms with Gasteiger partial charge in [-0.05, 0) is 12.8 Å². The Morgan fingerprint density at radius 1 is 1.50 bits per heavy atom. The van der Waals surface area contributed by atoms with Gasteiger partial charge in [0.1, 0.15) is 12.2 Å². The van der Waals surface area contributed by atoms with Gasteiger partial charge in [-0.15, -0.1) is 0 Å². The smallest absolute Gasteiger partial charge is 0.310 e. The van der Waals surface area contributed by atoms with E-state index in [4.69, 9.17) is 9.47 Å². The first-order chi connectivity index (χ1) is 9.26. The summed E-state index contributed by atoms with van der Waals surface area (Å²) in [5.74, 6) is -2.59. The largest absolute Gasteiger partial charge is 0.748 e. The van der Waals surface area contributed by atoms with Crippen molar-refractivity contribution in [3.8, 4) is 0 Å². The second kappa shape index (κ2) is 4.42.